The molecule has 0 aliphatic heterocycles. The molecule has 1 aromatic heterocycles. The summed E-state index contributed by atoms with van der Waals surface area (Å²) in [4.78, 5) is 15.8. The summed E-state index contributed by atoms with van der Waals surface area (Å²) in [6, 6.07) is 0. The lowest BCUT2D eigenvalue weighted by Crippen LogP contribution is -2.23. The van der Waals surface area contributed by atoms with Crippen molar-refractivity contribution in [2.45, 2.75) is 19.3 Å². The van der Waals surface area contributed by atoms with Gasteiger partial charge in [0.25, 0.3) is 0 Å². The minimum atomic E-state index is 0.172. The number of imidazole rings is 1. The first-order chi connectivity index (χ1) is 6.72. The third-order valence-corrected chi connectivity index (χ3v) is 2.85. The van der Waals surface area contributed by atoms with Gasteiger partial charge in [-0.25, -0.2) is 4.98 Å². The maximum atomic E-state index is 11.7. The van der Waals surface area contributed by atoms with Crippen LogP contribution in [0.25, 0.3) is 0 Å². The Labute approximate surface area is 83.1 Å². The molecule has 0 fully saturated rings. The van der Waals surface area contributed by atoms with Crippen molar-refractivity contribution >= 4 is 5.78 Å². The summed E-state index contributed by atoms with van der Waals surface area (Å²) in [6.45, 7) is 0.658. The monoisotopic (exact) mass is 193 g/mol. The van der Waals surface area contributed by atoms with E-state index in [0.717, 1.165) is 18.5 Å². The lowest BCUT2D eigenvalue weighted by atomic mass is 9.86. The topological polar surface area (TPSA) is 60.9 Å². The van der Waals surface area contributed by atoms with Crippen LogP contribution in [0.1, 0.15) is 29.0 Å². The van der Waals surface area contributed by atoms with Gasteiger partial charge in [-0.05, 0) is 25.3 Å². The lowest BCUT2D eigenvalue weighted by molar-refractivity contribution is 0.0941. The maximum Gasteiger partial charge on any atom is 0.183 e. The van der Waals surface area contributed by atoms with Crippen LogP contribution in [0.4, 0.5) is 0 Å². The highest BCUT2D eigenvalue weighted by molar-refractivity contribution is 5.96. The van der Waals surface area contributed by atoms with Gasteiger partial charge in [0, 0.05) is 19.2 Å². The van der Waals surface area contributed by atoms with Gasteiger partial charge in [0.2, 0.25) is 0 Å². The van der Waals surface area contributed by atoms with Gasteiger partial charge in [0.1, 0.15) is 5.69 Å². The van der Waals surface area contributed by atoms with Gasteiger partial charge in [0.05, 0.1) is 6.33 Å². The molecule has 4 heteroatoms. The smallest absolute Gasteiger partial charge is 0.183 e. The Morgan fingerprint density at radius 3 is 3.14 bits per heavy atom. The highest BCUT2D eigenvalue weighted by Crippen LogP contribution is 2.25. The van der Waals surface area contributed by atoms with E-state index in [0.29, 0.717) is 24.6 Å². The highest BCUT2D eigenvalue weighted by atomic mass is 16.1. The Kier molecular flexibility index (Phi) is 2.37. The van der Waals surface area contributed by atoms with Crippen LogP contribution in [0.3, 0.4) is 0 Å². The quantitative estimate of drug-likeness (QED) is 0.744. The van der Waals surface area contributed by atoms with E-state index in [1.807, 2.05) is 11.6 Å². The van der Waals surface area contributed by atoms with Crippen LogP contribution in [-0.2, 0) is 13.5 Å². The molecular formula is C10H15N3O. The number of aromatic nitrogens is 2. The summed E-state index contributed by atoms with van der Waals surface area (Å²) in [6.07, 6.45) is 4.19. The van der Waals surface area contributed by atoms with E-state index in [9.17, 15) is 4.79 Å². The van der Waals surface area contributed by atoms with Crippen LogP contribution in [0, 0.1) is 5.92 Å². The van der Waals surface area contributed by atoms with Crippen LogP contribution in [0.5, 0.6) is 0 Å². The number of carbonyl (C=O) groups is 1. The molecule has 2 rings (SSSR count). The molecule has 0 amide bonds. The van der Waals surface area contributed by atoms with E-state index < -0.39 is 0 Å². The fraction of sp³-hybridized carbons (Fsp3) is 0.600. The van der Waals surface area contributed by atoms with Gasteiger partial charge < -0.3 is 10.3 Å². The molecule has 1 atom stereocenters. The van der Waals surface area contributed by atoms with Gasteiger partial charge in [-0.15, -0.1) is 0 Å². The number of rotatable bonds is 2. The van der Waals surface area contributed by atoms with Crippen molar-refractivity contribution in [3.63, 3.8) is 0 Å². The number of ketones is 1. The number of hydrogen-bond donors (Lipinski definition) is 1. The minimum absolute atomic E-state index is 0.172. The van der Waals surface area contributed by atoms with Gasteiger partial charge in [-0.3, -0.25) is 4.79 Å². The van der Waals surface area contributed by atoms with Crippen molar-refractivity contribution in [3.8, 4) is 0 Å². The molecule has 14 heavy (non-hydrogen) atoms. The zero-order valence-corrected chi connectivity index (χ0v) is 8.36. The van der Waals surface area contributed by atoms with Crippen molar-refractivity contribution in [2.24, 2.45) is 18.7 Å². The Hall–Kier alpha value is -1.16. The molecule has 2 N–H and O–H groups in total. The zero-order valence-electron chi connectivity index (χ0n) is 8.36. The predicted molar refractivity (Wildman–Crippen MR) is 53.0 cm³/mol. The minimum Gasteiger partial charge on any atom is -0.337 e. The lowest BCUT2D eigenvalue weighted by Gasteiger charge is -2.20. The first kappa shape index (κ1) is 9.40. The van der Waals surface area contributed by atoms with E-state index in [-0.39, 0.29) is 5.78 Å². The summed E-state index contributed by atoms with van der Waals surface area (Å²) in [5.41, 5.74) is 7.24. The molecule has 4 nitrogen and oxygen atoms in total. The van der Waals surface area contributed by atoms with Crippen molar-refractivity contribution in [2.75, 3.05) is 6.54 Å². The van der Waals surface area contributed by atoms with E-state index in [1.165, 1.54) is 0 Å². The number of nitrogens with zero attached hydrogens (tertiary/aromatic N) is 2. The number of carbonyl (C=O) groups excluding carboxylic acids is 1. The molecule has 1 heterocycles. The van der Waals surface area contributed by atoms with Crippen molar-refractivity contribution in [1.82, 2.24) is 9.55 Å². The molecule has 0 spiro atoms. The molecule has 1 aromatic rings. The summed E-state index contributed by atoms with van der Waals surface area (Å²) in [5, 5.41) is 0. The van der Waals surface area contributed by atoms with Crippen molar-refractivity contribution in [3.05, 3.63) is 17.7 Å². The number of aryl methyl sites for hydroxylation is 1. The molecule has 1 unspecified atom stereocenters. The number of hydrogen-bond acceptors (Lipinski definition) is 3. The van der Waals surface area contributed by atoms with Crippen LogP contribution in [0.15, 0.2) is 6.33 Å². The molecule has 0 bridgehead atoms. The van der Waals surface area contributed by atoms with Gasteiger partial charge >= 0.3 is 0 Å². The van der Waals surface area contributed by atoms with Crippen molar-refractivity contribution in [1.29, 1.82) is 0 Å². The average Bonchev–Trinajstić information content (AvgIpc) is 2.49. The molecule has 1 aliphatic rings. The van der Waals surface area contributed by atoms with Crippen molar-refractivity contribution < 1.29 is 4.79 Å². The van der Waals surface area contributed by atoms with Gasteiger partial charge in [-0.2, -0.15) is 0 Å². The Bertz CT molecular complexity index is 356. The third kappa shape index (κ3) is 1.46. The SMILES string of the molecule is Cn1cnc2c1CC(CCN)CC2=O. The van der Waals surface area contributed by atoms with E-state index in [4.69, 9.17) is 5.73 Å². The van der Waals surface area contributed by atoms with E-state index in [1.54, 1.807) is 6.33 Å². The molecule has 1 aliphatic carbocycles. The van der Waals surface area contributed by atoms with Gasteiger partial charge in [0.15, 0.2) is 5.78 Å². The molecule has 0 saturated carbocycles. The zero-order chi connectivity index (χ0) is 10.1. The fourth-order valence-corrected chi connectivity index (χ4v) is 2.07. The number of nitrogens with two attached hydrogens (primary N) is 1. The molecule has 0 saturated heterocycles. The van der Waals surface area contributed by atoms with Crippen LogP contribution >= 0.6 is 0 Å². The first-order valence-corrected chi connectivity index (χ1v) is 4.96. The molecule has 0 aromatic carbocycles. The second kappa shape index (κ2) is 3.53. The van der Waals surface area contributed by atoms with E-state index >= 15 is 0 Å². The van der Waals surface area contributed by atoms with Gasteiger partial charge in [-0.1, -0.05) is 0 Å². The van der Waals surface area contributed by atoms with Crippen LogP contribution in [0.2, 0.25) is 0 Å². The number of Topliss-reactive ketones (excluding diaryl/α,β-unsaturated/α-hetero) is 1. The largest absolute Gasteiger partial charge is 0.337 e. The Balaban J connectivity index is 2.26. The average molecular weight is 193 g/mol. The summed E-state index contributed by atoms with van der Waals surface area (Å²) in [5.74, 6) is 0.584. The maximum absolute atomic E-state index is 11.7. The molecule has 0 radical (unpaired) electrons. The summed E-state index contributed by atoms with van der Waals surface area (Å²) >= 11 is 0. The Morgan fingerprint density at radius 1 is 1.64 bits per heavy atom. The third-order valence-electron chi connectivity index (χ3n) is 2.85. The second-order valence-electron chi connectivity index (χ2n) is 3.93. The molecule has 76 valence electrons. The highest BCUT2D eigenvalue weighted by Gasteiger charge is 2.27. The summed E-state index contributed by atoms with van der Waals surface area (Å²) in [7, 11) is 1.93. The summed E-state index contributed by atoms with van der Waals surface area (Å²) < 4.78 is 1.94. The van der Waals surface area contributed by atoms with E-state index in [2.05, 4.69) is 4.98 Å². The number of fused-ring (bicyclic) bond motifs is 1. The standard InChI is InChI=1S/C10H15N3O/c1-13-6-12-10-8(13)4-7(2-3-11)5-9(10)14/h6-7H,2-5,11H2,1H3. The first-order valence-electron chi connectivity index (χ1n) is 4.96. The second-order valence-corrected chi connectivity index (χ2v) is 3.93. The van der Waals surface area contributed by atoms with Crippen LogP contribution < -0.4 is 5.73 Å². The Morgan fingerprint density at radius 2 is 2.43 bits per heavy atom. The fourth-order valence-electron chi connectivity index (χ4n) is 2.07. The normalized spacial score (nSPS) is 21.0. The molecular weight excluding hydrogens is 178 g/mol. The van der Waals surface area contributed by atoms with Crippen LogP contribution in [-0.4, -0.2) is 21.9 Å². The predicted octanol–water partition coefficient (Wildman–Crippen LogP) is 0.514.